The fourth-order valence-corrected chi connectivity index (χ4v) is 3.07. The fraction of sp³-hybridized carbons (Fsp3) is 0. The number of hydrogen-bond acceptors (Lipinski definition) is 6. The van der Waals surface area contributed by atoms with E-state index in [0.717, 1.165) is 0 Å². The SMILES string of the molecule is O.O.O.O.Oc1cc2c3cc(O)c(O)cc3c3cc(O)c(O)cc3c2cc1O. The highest BCUT2D eigenvalue weighted by Gasteiger charge is 2.16. The largest absolute Gasteiger partial charge is 0.504 e. The van der Waals surface area contributed by atoms with Gasteiger partial charge in [-0.25, -0.2) is 0 Å². The van der Waals surface area contributed by atoms with Gasteiger partial charge >= 0.3 is 0 Å². The third-order valence-corrected chi connectivity index (χ3v) is 4.21. The molecular weight excluding hydrogens is 376 g/mol. The predicted octanol–water partition coefficient (Wildman–Crippen LogP) is 0.0810. The molecule has 0 aliphatic heterocycles. The maximum absolute atomic E-state index is 9.82. The summed E-state index contributed by atoms with van der Waals surface area (Å²) in [7, 11) is 0. The monoisotopic (exact) mass is 396 g/mol. The van der Waals surface area contributed by atoms with Crippen molar-refractivity contribution in [3.05, 3.63) is 36.4 Å². The summed E-state index contributed by atoms with van der Waals surface area (Å²) < 4.78 is 0. The first-order chi connectivity index (χ1) is 11.4. The zero-order valence-electron chi connectivity index (χ0n) is 14.1. The van der Waals surface area contributed by atoms with Gasteiger partial charge in [0.05, 0.1) is 0 Å². The van der Waals surface area contributed by atoms with Gasteiger partial charge in [0.15, 0.2) is 34.5 Å². The molecule has 0 unspecified atom stereocenters. The van der Waals surface area contributed by atoms with Crippen LogP contribution in [0.5, 0.6) is 34.5 Å². The second-order valence-electron chi connectivity index (χ2n) is 5.66. The van der Waals surface area contributed by atoms with E-state index in [1.165, 1.54) is 36.4 Å². The summed E-state index contributed by atoms with van der Waals surface area (Å²) in [6, 6.07) is 8.04. The number of fused-ring (bicyclic) bond motifs is 6. The van der Waals surface area contributed by atoms with Crippen molar-refractivity contribution >= 4 is 32.3 Å². The molecule has 0 aromatic heterocycles. The molecule has 0 aliphatic carbocycles. The van der Waals surface area contributed by atoms with Crippen LogP contribution in [0.3, 0.4) is 0 Å². The summed E-state index contributed by atoms with van der Waals surface area (Å²) >= 11 is 0. The molecule has 0 bridgehead atoms. The molecule has 0 radical (unpaired) electrons. The first-order valence-corrected chi connectivity index (χ1v) is 7.06. The van der Waals surface area contributed by atoms with E-state index >= 15 is 0 Å². The summed E-state index contributed by atoms with van der Waals surface area (Å²) in [6.45, 7) is 0. The van der Waals surface area contributed by atoms with Crippen LogP contribution in [0, 0.1) is 0 Å². The first-order valence-electron chi connectivity index (χ1n) is 7.06. The van der Waals surface area contributed by atoms with E-state index in [9.17, 15) is 30.6 Å². The topological polar surface area (TPSA) is 247 Å². The molecule has 0 saturated carbocycles. The zero-order valence-corrected chi connectivity index (χ0v) is 14.1. The van der Waals surface area contributed by atoms with Crippen molar-refractivity contribution in [2.75, 3.05) is 0 Å². The Morgan fingerprint density at radius 3 is 0.500 bits per heavy atom. The average Bonchev–Trinajstić information content (AvgIpc) is 2.53. The Balaban J connectivity index is 0.00000182. The number of benzene rings is 4. The van der Waals surface area contributed by atoms with Crippen molar-refractivity contribution in [2.24, 2.45) is 0 Å². The molecule has 4 aromatic rings. The Labute approximate surface area is 156 Å². The highest BCUT2D eigenvalue weighted by molar-refractivity contribution is 6.26. The minimum Gasteiger partial charge on any atom is -0.504 e. The standard InChI is InChI=1S/C18H12O6.4H2O/c19-13-1-7-8(2-14(13)20)10-4-17(23)18(24)6-12(10)11-5-16(22)15(21)3-9(7)11;;;;/h1-6,19-24H;4*1H2. The Bertz CT molecular complexity index is 903. The van der Waals surface area contributed by atoms with Gasteiger partial charge in [-0.15, -0.1) is 0 Å². The highest BCUT2D eigenvalue weighted by Crippen LogP contribution is 2.45. The van der Waals surface area contributed by atoms with Crippen LogP contribution in [-0.4, -0.2) is 52.5 Å². The quantitative estimate of drug-likeness (QED) is 0.177. The molecule has 10 heteroatoms. The predicted molar refractivity (Wildman–Crippen MR) is 103 cm³/mol. The van der Waals surface area contributed by atoms with E-state index in [1.54, 1.807) is 0 Å². The van der Waals surface area contributed by atoms with Crippen molar-refractivity contribution < 1.29 is 52.5 Å². The molecule has 0 atom stereocenters. The second kappa shape index (κ2) is 7.90. The molecule has 28 heavy (non-hydrogen) atoms. The number of phenols is 6. The lowest BCUT2D eigenvalue weighted by Gasteiger charge is -2.13. The maximum atomic E-state index is 9.82. The minimum atomic E-state index is -0.335. The van der Waals surface area contributed by atoms with Gasteiger partial charge in [-0.3, -0.25) is 0 Å². The van der Waals surface area contributed by atoms with Crippen LogP contribution in [-0.2, 0) is 0 Å². The number of aromatic hydroxyl groups is 6. The molecule has 0 aliphatic rings. The van der Waals surface area contributed by atoms with Gasteiger partial charge in [0.1, 0.15) is 0 Å². The van der Waals surface area contributed by atoms with E-state index in [1.807, 2.05) is 0 Å². The van der Waals surface area contributed by atoms with Crippen molar-refractivity contribution in [1.82, 2.24) is 0 Å². The molecule has 0 spiro atoms. The van der Waals surface area contributed by atoms with Crippen molar-refractivity contribution in [1.29, 1.82) is 0 Å². The van der Waals surface area contributed by atoms with E-state index in [0.29, 0.717) is 32.3 Å². The maximum Gasteiger partial charge on any atom is 0.158 e. The molecule has 4 aromatic carbocycles. The van der Waals surface area contributed by atoms with Crippen molar-refractivity contribution in [2.45, 2.75) is 0 Å². The molecular formula is C18H20O10. The first kappa shape index (κ1) is 24.3. The Morgan fingerprint density at radius 2 is 0.393 bits per heavy atom. The molecule has 0 saturated heterocycles. The minimum absolute atomic E-state index is 0. The lowest BCUT2D eigenvalue weighted by molar-refractivity contribution is 0.404. The van der Waals surface area contributed by atoms with Gasteiger partial charge in [0.25, 0.3) is 0 Å². The van der Waals surface area contributed by atoms with Crippen LogP contribution in [0.25, 0.3) is 32.3 Å². The molecule has 10 nitrogen and oxygen atoms in total. The molecule has 14 N–H and O–H groups in total. The summed E-state index contributed by atoms with van der Waals surface area (Å²) in [5, 5.41) is 62.0. The van der Waals surface area contributed by atoms with Crippen LogP contribution < -0.4 is 0 Å². The van der Waals surface area contributed by atoms with Crippen LogP contribution in [0.15, 0.2) is 36.4 Å². The lowest BCUT2D eigenvalue weighted by atomic mass is 9.93. The Morgan fingerprint density at radius 1 is 0.286 bits per heavy atom. The van der Waals surface area contributed by atoms with Gasteiger partial charge in [-0.2, -0.15) is 0 Å². The van der Waals surface area contributed by atoms with Crippen LogP contribution in [0.4, 0.5) is 0 Å². The van der Waals surface area contributed by atoms with Gasteiger partial charge in [0.2, 0.25) is 0 Å². The number of rotatable bonds is 0. The summed E-state index contributed by atoms with van der Waals surface area (Å²) in [5.41, 5.74) is 0. The van der Waals surface area contributed by atoms with Crippen LogP contribution in [0.2, 0.25) is 0 Å². The van der Waals surface area contributed by atoms with Gasteiger partial charge in [-0.1, -0.05) is 0 Å². The lowest BCUT2D eigenvalue weighted by Crippen LogP contribution is -1.85. The van der Waals surface area contributed by atoms with Gasteiger partial charge < -0.3 is 52.5 Å². The summed E-state index contributed by atoms with van der Waals surface area (Å²) in [5.74, 6) is -2.01. The normalized spacial score (nSPS) is 9.86. The van der Waals surface area contributed by atoms with E-state index in [2.05, 4.69) is 0 Å². The summed E-state index contributed by atoms with van der Waals surface area (Å²) in [4.78, 5) is 0. The molecule has 152 valence electrons. The van der Waals surface area contributed by atoms with Crippen LogP contribution in [0.1, 0.15) is 0 Å². The zero-order chi connectivity index (χ0) is 17.2. The van der Waals surface area contributed by atoms with Crippen molar-refractivity contribution in [3.63, 3.8) is 0 Å². The summed E-state index contributed by atoms with van der Waals surface area (Å²) in [6.07, 6.45) is 0. The van der Waals surface area contributed by atoms with Crippen LogP contribution >= 0.6 is 0 Å². The number of phenolic OH excluding ortho intramolecular Hbond substituents is 6. The second-order valence-corrected chi connectivity index (χ2v) is 5.66. The molecule has 0 amide bonds. The number of hydrogen-bond donors (Lipinski definition) is 6. The highest BCUT2D eigenvalue weighted by atomic mass is 16.3. The van der Waals surface area contributed by atoms with E-state index in [4.69, 9.17) is 0 Å². The molecule has 4 rings (SSSR count). The molecule has 0 fully saturated rings. The Hall–Kier alpha value is -3.70. The third-order valence-electron chi connectivity index (χ3n) is 4.21. The fourth-order valence-electron chi connectivity index (χ4n) is 3.07. The average molecular weight is 396 g/mol. The Kier molecular flexibility index (Phi) is 6.86. The smallest absolute Gasteiger partial charge is 0.158 e. The van der Waals surface area contributed by atoms with E-state index in [-0.39, 0.29) is 56.4 Å². The van der Waals surface area contributed by atoms with Gasteiger partial charge in [-0.05, 0) is 68.7 Å². The van der Waals surface area contributed by atoms with Crippen molar-refractivity contribution in [3.8, 4) is 34.5 Å². The van der Waals surface area contributed by atoms with Gasteiger partial charge in [0, 0.05) is 0 Å². The molecule has 0 heterocycles. The van der Waals surface area contributed by atoms with E-state index < -0.39 is 0 Å². The third kappa shape index (κ3) is 3.19.